The van der Waals surface area contributed by atoms with Gasteiger partial charge in [-0.25, -0.2) is 9.37 Å². The van der Waals surface area contributed by atoms with Crippen LogP contribution in [0, 0.1) is 11.2 Å². The van der Waals surface area contributed by atoms with Gasteiger partial charge in [0.15, 0.2) is 5.82 Å². The van der Waals surface area contributed by atoms with Crippen LogP contribution in [0.1, 0.15) is 49.6 Å². The molecule has 1 fully saturated rings. The number of anilines is 2. The largest absolute Gasteiger partial charge is 0.398 e. The fourth-order valence-electron chi connectivity index (χ4n) is 5.53. The molecule has 10 heteroatoms. The van der Waals surface area contributed by atoms with Crippen molar-refractivity contribution in [2.45, 2.75) is 39.2 Å². The molecule has 9 nitrogen and oxygen atoms in total. The van der Waals surface area contributed by atoms with E-state index in [0.717, 1.165) is 29.8 Å². The van der Waals surface area contributed by atoms with Crippen LogP contribution in [0.5, 0.6) is 0 Å². The zero-order chi connectivity index (χ0) is 29.9. The van der Waals surface area contributed by atoms with Crippen molar-refractivity contribution in [1.29, 1.82) is 5.41 Å². The second kappa shape index (κ2) is 12.1. The molecule has 0 radical (unpaired) electrons. The number of imidazole rings is 1. The van der Waals surface area contributed by atoms with Crippen molar-refractivity contribution in [2.24, 2.45) is 0 Å². The minimum atomic E-state index is -0.303. The Labute approximate surface area is 248 Å². The lowest BCUT2D eigenvalue weighted by molar-refractivity contribution is -0.115. The highest BCUT2D eigenvalue weighted by Gasteiger charge is 2.18. The van der Waals surface area contributed by atoms with Crippen LogP contribution in [0.3, 0.4) is 0 Å². The quantitative estimate of drug-likeness (QED) is 0.129. The number of nitrogen functional groups attached to an aromatic ring is 1. The summed E-state index contributed by atoms with van der Waals surface area (Å²) in [6.45, 7) is 4.53. The van der Waals surface area contributed by atoms with E-state index in [9.17, 15) is 9.18 Å². The van der Waals surface area contributed by atoms with Crippen molar-refractivity contribution in [3.63, 3.8) is 0 Å². The molecule has 5 N–H and O–H groups in total. The van der Waals surface area contributed by atoms with E-state index >= 15 is 0 Å². The molecule has 218 valence electrons. The summed E-state index contributed by atoms with van der Waals surface area (Å²) in [6.07, 6.45) is 10.6. The van der Waals surface area contributed by atoms with E-state index in [1.807, 2.05) is 24.3 Å². The van der Waals surface area contributed by atoms with Crippen LogP contribution in [0.2, 0.25) is 0 Å². The minimum absolute atomic E-state index is 0.103. The number of likely N-dealkylation sites (tertiary alicyclic amines) is 1. The lowest BCUT2D eigenvalue weighted by Gasteiger charge is -2.26. The number of nitrogens with zero attached hydrogens (tertiary/aromatic N) is 4. The number of carbonyl (C=O) groups is 1. The SMILES string of the molecule is CCC(=O)Nc1cncc(-c2ccc(N)c(C(=N)c3nc4c(-c5cc(F)cc(CN6CCCCC6)c5)cncc4[nH]3)c2)c1. The third-order valence-electron chi connectivity index (χ3n) is 7.75. The van der Waals surface area contributed by atoms with Crippen LogP contribution in [0.15, 0.2) is 67.3 Å². The van der Waals surface area contributed by atoms with Crippen molar-refractivity contribution < 1.29 is 9.18 Å². The van der Waals surface area contributed by atoms with E-state index in [-0.39, 0.29) is 17.4 Å². The number of hydrogen-bond acceptors (Lipinski definition) is 7. The van der Waals surface area contributed by atoms with Gasteiger partial charge < -0.3 is 16.0 Å². The summed E-state index contributed by atoms with van der Waals surface area (Å²) in [4.78, 5) is 30.8. The van der Waals surface area contributed by atoms with Gasteiger partial charge in [0.25, 0.3) is 0 Å². The number of aromatic amines is 1. The van der Waals surface area contributed by atoms with Crippen molar-refractivity contribution in [1.82, 2.24) is 24.8 Å². The number of H-pyrrole nitrogens is 1. The fraction of sp³-hybridized carbons (Fsp3) is 0.242. The van der Waals surface area contributed by atoms with Crippen LogP contribution in [-0.2, 0) is 11.3 Å². The number of nitrogens with two attached hydrogens (primary N) is 1. The van der Waals surface area contributed by atoms with Gasteiger partial charge in [-0.05, 0) is 79.0 Å². The van der Waals surface area contributed by atoms with E-state index in [4.69, 9.17) is 16.1 Å². The van der Waals surface area contributed by atoms with Gasteiger partial charge in [0.2, 0.25) is 5.91 Å². The van der Waals surface area contributed by atoms with Crippen molar-refractivity contribution in [2.75, 3.05) is 24.1 Å². The Kier molecular flexibility index (Phi) is 7.93. The van der Waals surface area contributed by atoms with Crippen molar-refractivity contribution >= 4 is 34.0 Å². The van der Waals surface area contributed by atoms with E-state index in [0.29, 0.717) is 57.9 Å². The minimum Gasteiger partial charge on any atom is -0.398 e. The average Bonchev–Trinajstić information content (AvgIpc) is 3.46. The summed E-state index contributed by atoms with van der Waals surface area (Å²) in [5.74, 6) is -0.0866. The summed E-state index contributed by atoms with van der Waals surface area (Å²) in [6, 6.07) is 12.3. The van der Waals surface area contributed by atoms with Crippen LogP contribution in [0.4, 0.5) is 15.8 Å². The highest BCUT2D eigenvalue weighted by atomic mass is 19.1. The van der Waals surface area contributed by atoms with Gasteiger partial charge >= 0.3 is 0 Å². The third kappa shape index (κ3) is 6.14. The molecule has 0 aliphatic carbocycles. The maximum Gasteiger partial charge on any atom is 0.224 e. The number of piperidine rings is 1. The number of halogens is 1. The second-order valence-electron chi connectivity index (χ2n) is 10.9. The maximum atomic E-state index is 14.8. The van der Waals surface area contributed by atoms with Gasteiger partial charge in [-0.1, -0.05) is 19.4 Å². The van der Waals surface area contributed by atoms with Gasteiger partial charge in [-0.3, -0.25) is 25.1 Å². The normalized spacial score (nSPS) is 13.7. The first-order valence-corrected chi connectivity index (χ1v) is 14.5. The zero-order valence-corrected chi connectivity index (χ0v) is 24.0. The van der Waals surface area contributed by atoms with Gasteiger partial charge in [0.1, 0.15) is 11.5 Å². The number of amides is 1. The Bertz CT molecular complexity index is 1830. The monoisotopic (exact) mass is 576 g/mol. The lowest BCUT2D eigenvalue weighted by Crippen LogP contribution is -2.29. The third-order valence-corrected chi connectivity index (χ3v) is 7.75. The summed E-state index contributed by atoms with van der Waals surface area (Å²) >= 11 is 0. The Morgan fingerprint density at radius 3 is 2.63 bits per heavy atom. The van der Waals surface area contributed by atoms with Crippen LogP contribution in [-0.4, -0.2) is 49.5 Å². The molecule has 3 aromatic heterocycles. The number of aromatic nitrogens is 4. The highest BCUT2D eigenvalue weighted by molar-refractivity contribution is 6.13. The zero-order valence-electron chi connectivity index (χ0n) is 24.0. The topological polar surface area (TPSA) is 137 Å². The Balaban J connectivity index is 1.32. The van der Waals surface area contributed by atoms with E-state index < -0.39 is 0 Å². The maximum absolute atomic E-state index is 14.8. The molecule has 1 amide bonds. The first-order chi connectivity index (χ1) is 20.9. The molecule has 0 atom stereocenters. The molecule has 0 bridgehead atoms. The summed E-state index contributed by atoms with van der Waals surface area (Å²) in [5, 5.41) is 11.8. The summed E-state index contributed by atoms with van der Waals surface area (Å²) in [7, 11) is 0. The fourth-order valence-corrected chi connectivity index (χ4v) is 5.53. The molecular formula is C33H33FN8O. The van der Waals surface area contributed by atoms with Gasteiger partial charge in [0, 0.05) is 47.7 Å². The highest BCUT2D eigenvalue weighted by Crippen LogP contribution is 2.31. The number of fused-ring (bicyclic) bond motifs is 1. The molecule has 2 aromatic carbocycles. The standard InChI is InChI=1S/C33H33FN8O/c1-2-30(43)39-25-13-23(15-37-16-25)21-6-7-28(35)26(14-21)31(36)33-40-29-18-38-17-27(32(29)41-33)22-10-20(11-24(34)12-22)19-42-8-4-3-5-9-42/h6-7,10-18,36H,2-5,8-9,19,35H2,1H3,(H,39,43)(H,40,41). The van der Waals surface area contributed by atoms with E-state index in [1.54, 1.807) is 43.8 Å². The first kappa shape index (κ1) is 28.2. The molecule has 1 saturated heterocycles. The molecule has 43 heavy (non-hydrogen) atoms. The van der Waals surface area contributed by atoms with Crippen LogP contribution >= 0.6 is 0 Å². The number of hydrogen-bond donors (Lipinski definition) is 4. The molecule has 6 rings (SSSR count). The number of pyridine rings is 2. The Morgan fingerprint density at radius 2 is 1.81 bits per heavy atom. The molecule has 0 saturated carbocycles. The molecular weight excluding hydrogens is 543 g/mol. The number of benzene rings is 2. The van der Waals surface area contributed by atoms with E-state index in [2.05, 4.69) is 25.2 Å². The number of nitrogens with one attached hydrogen (secondary N) is 3. The van der Waals surface area contributed by atoms with Crippen molar-refractivity contribution in [3.05, 3.63) is 90.0 Å². The molecule has 5 aromatic rings. The van der Waals surface area contributed by atoms with Crippen LogP contribution < -0.4 is 11.1 Å². The van der Waals surface area contributed by atoms with Gasteiger partial charge in [0.05, 0.1) is 29.1 Å². The smallest absolute Gasteiger partial charge is 0.224 e. The molecule has 0 spiro atoms. The Hall–Kier alpha value is -4.96. The second-order valence-corrected chi connectivity index (χ2v) is 10.9. The molecule has 1 aliphatic rings. The summed E-state index contributed by atoms with van der Waals surface area (Å²) < 4.78 is 14.8. The molecule has 4 heterocycles. The van der Waals surface area contributed by atoms with Crippen molar-refractivity contribution in [3.8, 4) is 22.3 Å². The average molecular weight is 577 g/mol. The number of rotatable bonds is 8. The lowest BCUT2D eigenvalue weighted by atomic mass is 10.00. The summed E-state index contributed by atoms with van der Waals surface area (Å²) in [5.41, 5.74) is 13.0. The first-order valence-electron chi connectivity index (χ1n) is 14.5. The van der Waals surface area contributed by atoms with Gasteiger partial charge in [-0.15, -0.1) is 0 Å². The predicted molar refractivity (Wildman–Crippen MR) is 167 cm³/mol. The Morgan fingerprint density at radius 1 is 1.00 bits per heavy atom. The van der Waals surface area contributed by atoms with Gasteiger partial charge in [-0.2, -0.15) is 0 Å². The van der Waals surface area contributed by atoms with Crippen LogP contribution in [0.25, 0.3) is 33.3 Å². The number of carbonyl (C=O) groups excluding carboxylic acids is 1. The predicted octanol–water partition coefficient (Wildman–Crippen LogP) is 6.16. The van der Waals surface area contributed by atoms with E-state index in [1.165, 1.54) is 25.3 Å². The molecule has 1 aliphatic heterocycles. The molecule has 0 unspecified atom stereocenters.